The standard InChI is InChI=1S/C17H13ClF3N3O3/c1-27-12-5-2-10(3-6-12)9-22-24-16(26)15(25)23-11-4-7-14(18)13(8-11)17(19,20)21/h2-9H,1H3,(H,23,25)(H,24,26)/b22-9+. The number of alkyl halides is 3. The van der Waals surface area contributed by atoms with Crippen molar-refractivity contribution in [2.45, 2.75) is 6.18 Å². The van der Waals surface area contributed by atoms with E-state index in [1.807, 2.05) is 10.7 Å². The molecule has 0 spiro atoms. The van der Waals surface area contributed by atoms with Crippen molar-refractivity contribution in [3.05, 3.63) is 58.6 Å². The molecule has 2 aromatic carbocycles. The van der Waals surface area contributed by atoms with Crippen LogP contribution in [-0.2, 0) is 15.8 Å². The number of amides is 2. The Balaban J connectivity index is 1.97. The largest absolute Gasteiger partial charge is 0.497 e. The molecule has 0 aliphatic heterocycles. The Kier molecular flexibility index (Phi) is 6.40. The summed E-state index contributed by atoms with van der Waals surface area (Å²) in [6.45, 7) is 0. The Morgan fingerprint density at radius 3 is 2.37 bits per heavy atom. The highest BCUT2D eigenvalue weighted by atomic mass is 35.5. The van der Waals surface area contributed by atoms with Gasteiger partial charge in [0.05, 0.1) is 23.9 Å². The summed E-state index contributed by atoms with van der Waals surface area (Å²) in [5.41, 5.74) is 1.25. The number of carbonyl (C=O) groups excluding carboxylic acids is 2. The number of ether oxygens (including phenoxy) is 1. The van der Waals surface area contributed by atoms with E-state index in [0.717, 1.165) is 12.1 Å². The van der Waals surface area contributed by atoms with Crippen LogP contribution in [0.1, 0.15) is 11.1 Å². The van der Waals surface area contributed by atoms with E-state index >= 15 is 0 Å². The Morgan fingerprint density at radius 1 is 1.11 bits per heavy atom. The van der Waals surface area contributed by atoms with Gasteiger partial charge in [0.25, 0.3) is 0 Å². The summed E-state index contributed by atoms with van der Waals surface area (Å²) in [6, 6.07) is 9.43. The fourth-order valence-electron chi connectivity index (χ4n) is 1.91. The van der Waals surface area contributed by atoms with Crippen LogP contribution in [0.4, 0.5) is 18.9 Å². The summed E-state index contributed by atoms with van der Waals surface area (Å²) < 4.78 is 43.4. The second kappa shape index (κ2) is 8.54. The van der Waals surface area contributed by atoms with E-state index in [1.165, 1.54) is 13.3 Å². The molecule has 142 valence electrons. The topological polar surface area (TPSA) is 79.8 Å². The monoisotopic (exact) mass is 399 g/mol. The first-order valence-corrected chi connectivity index (χ1v) is 7.73. The van der Waals surface area contributed by atoms with Crippen LogP contribution >= 0.6 is 11.6 Å². The number of rotatable bonds is 4. The Morgan fingerprint density at radius 2 is 1.78 bits per heavy atom. The molecule has 0 radical (unpaired) electrons. The van der Waals surface area contributed by atoms with Gasteiger partial charge >= 0.3 is 18.0 Å². The van der Waals surface area contributed by atoms with Gasteiger partial charge in [0.15, 0.2) is 0 Å². The lowest BCUT2D eigenvalue weighted by atomic mass is 10.2. The van der Waals surface area contributed by atoms with Crippen LogP contribution in [0, 0.1) is 0 Å². The maximum Gasteiger partial charge on any atom is 0.417 e. The van der Waals surface area contributed by atoms with Gasteiger partial charge < -0.3 is 10.1 Å². The highest BCUT2D eigenvalue weighted by Crippen LogP contribution is 2.36. The number of hydrogen-bond donors (Lipinski definition) is 2. The number of anilines is 1. The van der Waals surface area contributed by atoms with E-state index < -0.39 is 28.6 Å². The van der Waals surface area contributed by atoms with Crippen molar-refractivity contribution in [1.29, 1.82) is 0 Å². The fourth-order valence-corrected chi connectivity index (χ4v) is 2.14. The first kappa shape index (κ1) is 20.2. The molecule has 0 atom stereocenters. The fraction of sp³-hybridized carbons (Fsp3) is 0.118. The zero-order valence-electron chi connectivity index (χ0n) is 13.8. The van der Waals surface area contributed by atoms with Crippen LogP contribution in [0.25, 0.3) is 0 Å². The lowest BCUT2D eigenvalue weighted by Gasteiger charge is -2.11. The zero-order valence-corrected chi connectivity index (χ0v) is 14.6. The molecule has 0 saturated heterocycles. The summed E-state index contributed by atoms with van der Waals surface area (Å²) in [4.78, 5) is 23.4. The molecule has 0 aliphatic rings. The predicted octanol–water partition coefficient (Wildman–Crippen LogP) is 3.46. The number of nitrogens with one attached hydrogen (secondary N) is 2. The molecule has 2 amide bonds. The minimum absolute atomic E-state index is 0.231. The quantitative estimate of drug-likeness (QED) is 0.469. The Bertz CT molecular complexity index is 868. The molecule has 0 saturated carbocycles. The Labute approximate surface area is 157 Å². The minimum Gasteiger partial charge on any atom is -0.497 e. The van der Waals surface area contributed by atoms with E-state index in [2.05, 4.69) is 5.10 Å². The lowest BCUT2D eigenvalue weighted by Crippen LogP contribution is -2.32. The van der Waals surface area contributed by atoms with Gasteiger partial charge in [-0.15, -0.1) is 0 Å². The van der Waals surface area contributed by atoms with E-state index in [0.29, 0.717) is 17.4 Å². The Hall–Kier alpha value is -3.07. The van der Waals surface area contributed by atoms with Crippen molar-refractivity contribution >= 4 is 35.3 Å². The molecular weight excluding hydrogens is 387 g/mol. The molecule has 0 bridgehead atoms. The molecule has 10 heteroatoms. The van der Waals surface area contributed by atoms with Gasteiger partial charge in [0, 0.05) is 5.69 Å². The van der Waals surface area contributed by atoms with Gasteiger partial charge in [-0.2, -0.15) is 18.3 Å². The summed E-state index contributed by atoms with van der Waals surface area (Å²) in [5, 5.41) is 5.13. The number of benzene rings is 2. The van der Waals surface area contributed by atoms with Gasteiger partial charge in [-0.05, 0) is 48.0 Å². The van der Waals surface area contributed by atoms with Crippen LogP contribution < -0.4 is 15.5 Å². The summed E-state index contributed by atoms with van der Waals surface area (Å²) >= 11 is 5.49. The average molecular weight is 400 g/mol. The molecule has 0 fully saturated rings. The van der Waals surface area contributed by atoms with Gasteiger partial charge in [0.1, 0.15) is 5.75 Å². The molecule has 2 aromatic rings. The van der Waals surface area contributed by atoms with Crippen LogP contribution in [0.3, 0.4) is 0 Å². The molecule has 27 heavy (non-hydrogen) atoms. The van der Waals surface area contributed by atoms with Crippen LogP contribution in [0.5, 0.6) is 5.75 Å². The third-order valence-electron chi connectivity index (χ3n) is 3.23. The number of hydrogen-bond acceptors (Lipinski definition) is 4. The average Bonchev–Trinajstić information content (AvgIpc) is 2.62. The molecule has 2 rings (SSSR count). The van der Waals surface area contributed by atoms with Crippen LogP contribution in [0.2, 0.25) is 5.02 Å². The van der Waals surface area contributed by atoms with Gasteiger partial charge in [-0.25, -0.2) is 5.43 Å². The number of halogens is 4. The van der Waals surface area contributed by atoms with Crippen LogP contribution in [-0.4, -0.2) is 25.1 Å². The molecule has 0 heterocycles. The predicted molar refractivity (Wildman–Crippen MR) is 93.8 cm³/mol. The molecule has 0 aromatic heterocycles. The summed E-state index contributed by atoms with van der Waals surface area (Å²) in [7, 11) is 1.51. The van der Waals surface area contributed by atoms with Gasteiger partial charge in [-0.1, -0.05) is 11.6 Å². The van der Waals surface area contributed by atoms with Crippen molar-refractivity contribution in [2.75, 3.05) is 12.4 Å². The van der Waals surface area contributed by atoms with Crippen molar-refractivity contribution in [3.8, 4) is 5.75 Å². The van der Waals surface area contributed by atoms with Crippen molar-refractivity contribution in [1.82, 2.24) is 5.43 Å². The number of hydrazone groups is 1. The highest BCUT2D eigenvalue weighted by Gasteiger charge is 2.33. The second-order valence-corrected chi connectivity index (χ2v) is 5.53. The smallest absolute Gasteiger partial charge is 0.417 e. The number of nitrogens with zero attached hydrogens (tertiary/aromatic N) is 1. The highest BCUT2D eigenvalue weighted by molar-refractivity contribution is 6.39. The maximum atomic E-state index is 12.8. The number of carbonyl (C=O) groups is 2. The SMILES string of the molecule is COc1ccc(/C=N/NC(=O)C(=O)Nc2ccc(Cl)c(C(F)(F)F)c2)cc1. The molecular formula is C17H13ClF3N3O3. The van der Waals surface area contributed by atoms with E-state index in [4.69, 9.17) is 16.3 Å². The molecule has 0 unspecified atom stereocenters. The maximum absolute atomic E-state index is 12.8. The first-order valence-electron chi connectivity index (χ1n) is 7.36. The normalized spacial score (nSPS) is 11.3. The van der Waals surface area contributed by atoms with Crippen LogP contribution in [0.15, 0.2) is 47.6 Å². The third-order valence-corrected chi connectivity index (χ3v) is 3.56. The second-order valence-electron chi connectivity index (χ2n) is 5.12. The van der Waals surface area contributed by atoms with E-state index in [1.54, 1.807) is 24.3 Å². The van der Waals surface area contributed by atoms with Gasteiger partial charge in [-0.3, -0.25) is 9.59 Å². The minimum atomic E-state index is -4.69. The van der Waals surface area contributed by atoms with Crippen molar-refractivity contribution in [3.63, 3.8) is 0 Å². The number of methoxy groups -OCH3 is 1. The van der Waals surface area contributed by atoms with E-state index in [-0.39, 0.29) is 5.69 Å². The third kappa shape index (κ3) is 5.71. The summed E-state index contributed by atoms with van der Waals surface area (Å²) in [6.07, 6.45) is -3.41. The van der Waals surface area contributed by atoms with Gasteiger partial charge in [0.2, 0.25) is 0 Å². The zero-order chi connectivity index (χ0) is 20.0. The van der Waals surface area contributed by atoms with E-state index in [9.17, 15) is 22.8 Å². The molecule has 2 N–H and O–H groups in total. The van der Waals surface area contributed by atoms with Crippen molar-refractivity contribution in [2.24, 2.45) is 5.10 Å². The van der Waals surface area contributed by atoms with Crippen molar-refractivity contribution < 1.29 is 27.5 Å². The summed E-state index contributed by atoms with van der Waals surface area (Å²) in [5.74, 6) is -1.70. The lowest BCUT2D eigenvalue weighted by molar-refractivity contribution is -0.137. The molecule has 6 nitrogen and oxygen atoms in total. The first-order chi connectivity index (χ1) is 12.7. The molecule has 0 aliphatic carbocycles.